The van der Waals surface area contributed by atoms with Crippen LogP contribution in [0.2, 0.25) is 0 Å². The third-order valence-corrected chi connectivity index (χ3v) is 2.74. The lowest BCUT2D eigenvalue weighted by atomic mass is 10.2. The van der Waals surface area contributed by atoms with Crippen molar-refractivity contribution in [3.05, 3.63) is 35.1 Å². The summed E-state index contributed by atoms with van der Waals surface area (Å²) in [4.78, 5) is 19.1. The third kappa shape index (κ3) is 1.76. The van der Waals surface area contributed by atoms with Crippen molar-refractivity contribution < 1.29 is 9.90 Å². The molecular weight excluding hydrogens is 226 g/mol. The first-order chi connectivity index (χ1) is 7.72. The first kappa shape index (κ1) is 10.3. The lowest BCUT2D eigenvalue weighted by Gasteiger charge is -1.97. The molecule has 0 spiro atoms. The molecule has 0 fully saturated rings. The van der Waals surface area contributed by atoms with Gasteiger partial charge in [0, 0.05) is 6.20 Å². The molecule has 0 unspecified atom stereocenters. The highest BCUT2D eigenvalue weighted by molar-refractivity contribution is 7.13. The summed E-state index contributed by atoms with van der Waals surface area (Å²) in [7, 11) is 0. The summed E-state index contributed by atoms with van der Waals surface area (Å²) in [6.45, 7) is 0. The van der Waals surface area contributed by atoms with Crippen molar-refractivity contribution in [2.24, 2.45) is 0 Å². The molecule has 2 aromatic heterocycles. The fourth-order valence-electron chi connectivity index (χ4n) is 1.17. The Balaban J connectivity index is 2.47. The van der Waals surface area contributed by atoms with Crippen LogP contribution in [0.15, 0.2) is 23.8 Å². The maximum atomic E-state index is 10.8. The summed E-state index contributed by atoms with van der Waals surface area (Å²) in [6, 6.07) is 5.15. The van der Waals surface area contributed by atoms with Crippen LogP contribution in [0.5, 0.6) is 0 Å². The van der Waals surface area contributed by atoms with E-state index in [1.54, 1.807) is 12.1 Å². The molecule has 5 nitrogen and oxygen atoms in total. The standard InChI is InChI=1S/C10H5N3O2S/c11-3-6-1-2-7(12-4-6)9-8(10(14)15)13-5-16-9/h1-2,4-5H,(H,14,15). The molecule has 0 aliphatic rings. The third-order valence-electron chi connectivity index (χ3n) is 1.90. The number of rotatable bonds is 2. The normalized spacial score (nSPS) is 9.69. The highest BCUT2D eigenvalue weighted by Crippen LogP contribution is 2.25. The van der Waals surface area contributed by atoms with Crippen LogP contribution in [-0.4, -0.2) is 21.0 Å². The van der Waals surface area contributed by atoms with Gasteiger partial charge in [0.25, 0.3) is 0 Å². The predicted octanol–water partition coefficient (Wildman–Crippen LogP) is 1.77. The van der Waals surface area contributed by atoms with Crippen LogP contribution >= 0.6 is 11.3 Å². The van der Waals surface area contributed by atoms with Gasteiger partial charge in [-0.25, -0.2) is 9.78 Å². The van der Waals surface area contributed by atoms with E-state index in [4.69, 9.17) is 10.4 Å². The van der Waals surface area contributed by atoms with Gasteiger partial charge in [-0.2, -0.15) is 5.26 Å². The molecule has 0 amide bonds. The molecule has 6 heteroatoms. The average Bonchev–Trinajstić information content (AvgIpc) is 2.78. The Morgan fingerprint density at radius 2 is 2.25 bits per heavy atom. The largest absolute Gasteiger partial charge is 0.476 e. The Morgan fingerprint density at radius 1 is 1.44 bits per heavy atom. The van der Waals surface area contributed by atoms with Crippen LogP contribution in [0.1, 0.15) is 16.1 Å². The monoisotopic (exact) mass is 231 g/mol. The van der Waals surface area contributed by atoms with E-state index in [9.17, 15) is 4.79 Å². The molecule has 0 radical (unpaired) electrons. The fourth-order valence-corrected chi connectivity index (χ4v) is 1.93. The lowest BCUT2D eigenvalue weighted by Crippen LogP contribution is -1.98. The number of carboxylic acid groups (broad SMARTS) is 1. The van der Waals surface area contributed by atoms with Gasteiger partial charge in [0.15, 0.2) is 5.69 Å². The second-order valence-electron chi connectivity index (χ2n) is 2.88. The Hall–Kier alpha value is -2.26. The molecule has 0 saturated heterocycles. The van der Waals surface area contributed by atoms with Crippen molar-refractivity contribution in [3.8, 4) is 16.6 Å². The first-order valence-electron chi connectivity index (χ1n) is 4.25. The molecule has 0 aliphatic carbocycles. The van der Waals surface area contributed by atoms with Crippen molar-refractivity contribution in [2.45, 2.75) is 0 Å². The van der Waals surface area contributed by atoms with Gasteiger partial charge >= 0.3 is 5.97 Å². The van der Waals surface area contributed by atoms with Crippen molar-refractivity contribution in [3.63, 3.8) is 0 Å². The number of carboxylic acids is 1. The molecule has 0 aromatic carbocycles. The average molecular weight is 231 g/mol. The van der Waals surface area contributed by atoms with E-state index < -0.39 is 5.97 Å². The van der Waals surface area contributed by atoms with E-state index in [0.29, 0.717) is 16.1 Å². The van der Waals surface area contributed by atoms with E-state index >= 15 is 0 Å². The number of thiazole rings is 1. The number of pyridine rings is 1. The van der Waals surface area contributed by atoms with Crippen molar-refractivity contribution >= 4 is 17.3 Å². The van der Waals surface area contributed by atoms with Crippen molar-refractivity contribution in [2.75, 3.05) is 0 Å². The Bertz CT molecular complexity index is 568. The van der Waals surface area contributed by atoms with Gasteiger partial charge in [0.05, 0.1) is 21.6 Å². The summed E-state index contributed by atoms with van der Waals surface area (Å²) in [5.41, 5.74) is 2.39. The molecule has 0 aliphatic heterocycles. The molecule has 2 aromatic rings. The van der Waals surface area contributed by atoms with Gasteiger partial charge in [-0.15, -0.1) is 11.3 Å². The maximum absolute atomic E-state index is 10.8. The van der Waals surface area contributed by atoms with E-state index in [0.717, 1.165) is 0 Å². The number of nitrogens with zero attached hydrogens (tertiary/aromatic N) is 3. The number of aromatic carboxylic acids is 1. The Kier molecular flexibility index (Phi) is 2.62. The lowest BCUT2D eigenvalue weighted by molar-refractivity contribution is 0.0692. The van der Waals surface area contributed by atoms with Crippen molar-refractivity contribution in [1.82, 2.24) is 9.97 Å². The Morgan fingerprint density at radius 3 is 2.81 bits per heavy atom. The molecule has 2 rings (SSSR count). The van der Waals surface area contributed by atoms with Gasteiger partial charge in [-0.3, -0.25) is 4.98 Å². The molecule has 0 saturated carbocycles. The summed E-state index contributed by atoms with van der Waals surface area (Å²) >= 11 is 1.21. The molecule has 1 N–H and O–H groups in total. The predicted molar refractivity (Wildman–Crippen MR) is 57.0 cm³/mol. The Labute approximate surface area is 94.6 Å². The molecule has 78 valence electrons. The van der Waals surface area contributed by atoms with Gasteiger partial charge in [0.2, 0.25) is 0 Å². The smallest absolute Gasteiger partial charge is 0.356 e. The molecule has 0 bridgehead atoms. The molecule has 2 heterocycles. The summed E-state index contributed by atoms with van der Waals surface area (Å²) in [5.74, 6) is -1.08. The SMILES string of the molecule is N#Cc1ccc(-c2scnc2C(=O)O)nc1. The van der Waals surface area contributed by atoms with Gasteiger partial charge in [-0.05, 0) is 12.1 Å². The zero-order chi connectivity index (χ0) is 11.5. The van der Waals surface area contributed by atoms with Gasteiger partial charge in [0.1, 0.15) is 6.07 Å². The number of hydrogen-bond donors (Lipinski definition) is 1. The van der Waals surface area contributed by atoms with Crippen LogP contribution in [0.25, 0.3) is 10.6 Å². The minimum Gasteiger partial charge on any atom is -0.476 e. The number of carbonyl (C=O) groups is 1. The van der Waals surface area contributed by atoms with Crippen LogP contribution in [0.4, 0.5) is 0 Å². The first-order valence-corrected chi connectivity index (χ1v) is 5.13. The number of aromatic nitrogens is 2. The number of nitriles is 1. The van der Waals surface area contributed by atoms with Crippen LogP contribution in [0, 0.1) is 11.3 Å². The molecular formula is C10H5N3O2S. The minimum absolute atomic E-state index is 0.0118. The highest BCUT2D eigenvalue weighted by Gasteiger charge is 2.15. The maximum Gasteiger partial charge on any atom is 0.356 e. The minimum atomic E-state index is -1.08. The topological polar surface area (TPSA) is 86.9 Å². The fraction of sp³-hybridized carbons (Fsp3) is 0. The van der Waals surface area contributed by atoms with Crippen LogP contribution < -0.4 is 0 Å². The second kappa shape index (κ2) is 4.08. The van der Waals surface area contributed by atoms with E-state index in [1.807, 2.05) is 6.07 Å². The molecule has 0 atom stereocenters. The van der Waals surface area contributed by atoms with Crippen molar-refractivity contribution in [1.29, 1.82) is 5.26 Å². The highest BCUT2D eigenvalue weighted by atomic mass is 32.1. The van der Waals surface area contributed by atoms with E-state index in [2.05, 4.69) is 9.97 Å². The summed E-state index contributed by atoms with van der Waals surface area (Å²) in [6.07, 6.45) is 1.40. The zero-order valence-corrected chi connectivity index (χ0v) is 8.73. The second-order valence-corrected chi connectivity index (χ2v) is 3.73. The summed E-state index contributed by atoms with van der Waals surface area (Å²) in [5, 5.41) is 17.5. The zero-order valence-electron chi connectivity index (χ0n) is 7.91. The summed E-state index contributed by atoms with van der Waals surface area (Å²) < 4.78 is 0. The van der Waals surface area contributed by atoms with Crippen LogP contribution in [-0.2, 0) is 0 Å². The van der Waals surface area contributed by atoms with E-state index in [1.165, 1.54) is 23.0 Å². The molecule has 16 heavy (non-hydrogen) atoms. The van der Waals surface area contributed by atoms with Crippen LogP contribution in [0.3, 0.4) is 0 Å². The number of hydrogen-bond acceptors (Lipinski definition) is 5. The van der Waals surface area contributed by atoms with E-state index in [-0.39, 0.29) is 5.69 Å². The van der Waals surface area contributed by atoms with Gasteiger partial charge < -0.3 is 5.11 Å². The van der Waals surface area contributed by atoms with Gasteiger partial charge in [-0.1, -0.05) is 0 Å². The quantitative estimate of drug-likeness (QED) is 0.851.